The summed E-state index contributed by atoms with van der Waals surface area (Å²) in [5, 5.41) is 0. The molecule has 0 bridgehead atoms. The van der Waals surface area contributed by atoms with Crippen molar-refractivity contribution in [2.45, 2.75) is 66.7 Å². The maximum atomic E-state index is 9.83. The minimum atomic E-state index is -3.94. The zero-order valence-electron chi connectivity index (χ0n) is 14.2. The highest BCUT2D eigenvalue weighted by Crippen LogP contribution is 2.10. The number of nitrogens with zero attached hydrogens (tertiary/aromatic N) is 1. The zero-order chi connectivity index (χ0) is 16.1. The summed E-state index contributed by atoms with van der Waals surface area (Å²) in [5.74, 6) is -0.219. The molecule has 124 valence electrons. The minimum absolute atomic E-state index is 0.219. The number of unbranched alkanes of at least 4 members (excludes halogenated alkanes) is 1. The summed E-state index contributed by atoms with van der Waals surface area (Å²) >= 11 is 0. The molecule has 0 rings (SSSR count). The Labute approximate surface area is 126 Å². The van der Waals surface area contributed by atoms with Crippen LogP contribution in [0.5, 0.6) is 0 Å². The Kier molecular flexibility index (Phi) is 14.0. The first-order chi connectivity index (χ1) is 9.30. The predicted octanol–water partition coefficient (Wildman–Crippen LogP) is 3.38. The highest BCUT2D eigenvalue weighted by atomic mass is 32.2. The fraction of sp³-hybridized carbons (Fsp3) is 1.00. The maximum absolute atomic E-state index is 9.83. The molecular formula is C15H35NO3S. The van der Waals surface area contributed by atoms with Crippen LogP contribution in [-0.4, -0.2) is 49.4 Å². The minimum Gasteiger partial charge on any atom is -0.748 e. The third kappa shape index (κ3) is 12.9. The van der Waals surface area contributed by atoms with Gasteiger partial charge in [0.2, 0.25) is 0 Å². The summed E-state index contributed by atoms with van der Waals surface area (Å²) in [6.45, 7) is 16.5. The molecule has 0 fully saturated rings. The summed E-state index contributed by atoms with van der Waals surface area (Å²) in [5.41, 5.74) is 0. The van der Waals surface area contributed by atoms with E-state index < -0.39 is 10.1 Å². The topological polar surface area (TPSA) is 57.2 Å². The molecule has 4 nitrogen and oxygen atoms in total. The van der Waals surface area contributed by atoms with Gasteiger partial charge in [0.25, 0.3) is 0 Å². The normalized spacial score (nSPS) is 11.9. The van der Waals surface area contributed by atoms with E-state index >= 15 is 0 Å². The zero-order valence-corrected chi connectivity index (χ0v) is 15.0. The molecule has 0 unspecified atom stereocenters. The van der Waals surface area contributed by atoms with Crippen molar-refractivity contribution in [1.82, 2.24) is 0 Å². The molecule has 0 heterocycles. The van der Waals surface area contributed by atoms with E-state index in [1.807, 2.05) is 6.92 Å². The Morgan fingerprint density at radius 1 is 0.800 bits per heavy atom. The molecular weight excluding hydrogens is 274 g/mol. The van der Waals surface area contributed by atoms with Crippen LogP contribution in [0.3, 0.4) is 0 Å². The van der Waals surface area contributed by atoms with E-state index in [-0.39, 0.29) is 5.75 Å². The lowest BCUT2D eigenvalue weighted by Gasteiger charge is -2.37. The van der Waals surface area contributed by atoms with Gasteiger partial charge < -0.3 is 9.04 Å². The highest BCUT2D eigenvalue weighted by Gasteiger charge is 2.21. The third-order valence-electron chi connectivity index (χ3n) is 3.51. The monoisotopic (exact) mass is 309 g/mol. The molecule has 0 aliphatic carbocycles. The fourth-order valence-electron chi connectivity index (χ4n) is 2.55. The summed E-state index contributed by atoms with van der Waals surface area (Å²) < 4.78 is 30.9. The first kappa shape index (κ1) is 22.2. The van der Waals surface area contributed by atoms with Gasteiger partial charge in [0.15, 0.2) is 0 Å². The van der Waals surface area contributed by atoms with Crippen molar-refractivity contribution in [3.8, 4) is 0 Å². The van der Waals surface area contributed by atoms with Crippen LogP contribution in [0.15, 0.2) is 0 Å². The summed E-state index contributed by atoms with van der Waals surface area (Å²) in [6.07, 6.45) is 5.21. The molecule has 0 N–H and O–H groups in total. The maximum Gasteiger partial charge on any atom is 0.0945 e. The molecule has 0 aliphatic heterocycles. The number of quaternary nitrogens is 1. The van der Waals surface area contributed by atoms with Crippen LogP contribution in [0.1, 0.15) is 66.7 Å². The van der Waals surface area contributed by atoms with Gasteiger partial charge in [-0.2, -0.15) is 0 Å². The lowest BCUT2D eigenvalue weighted by atomic mass is 10.2. The molecule has 0 radical (unpaired) electrons. The van der Waals surface area contributed by atoms with Gasteiger partial charge in [-0.15, -0.1) is 0 Å². The second kappa shape index (κ2) is 12.6. The van der Waals surface area contributed by atoms with Gasteiger partial charge in [0.05, 0.1) is 36.3 Å². The molecule has 0 spiro atoms. The second-order valence-corrected chi connectivity index (χ2v) is 6.97. The van der Waals surface area contributed by atoms with Gasteiger partial charge >= 0.3 is 0 Å². The van der Waals surface area contributed by atoms with Crippen LogP contribution in [0.4, 0.5) is 0 Å². The van der Waals surface area contributed by atoms with Crippen LogP contribution in [-0.2, 0) is 10.1 Å². The van der Waals surface area contributed by atoms with E-state index in [1.165, 1.54) is 49.9 Å². The highest BCUT2D eigenvalue weighted by molar-refractivity contribution is 7.85. The van der Waals surface area contributed by atoms with Crippen molar-refractivity contribution in [2.75, 3.05) is 31.9 Å². The van der Waals surface area contributed by atoms with Gasteiger partial charge in [-0.05, 0) is 32.6 Å². The fourth-order valence-corrected chi connectivity index (χ4v) is 3.20. The van der Waals surface area contributed by atoms with Crippen molar-refractivity contribution in [1.29, 1.82) is 0 Å². The number of hydrogen-bond acceptors (Lipinski definition) is 3. The van der Waals surface area contributed by atoms with Crippen LogP contribution in [0.25, 0.3) is 0 Å². The average Bonchev–Trinajstić information content (AvgIpc) is 2.37. The number of rotatable bonds is 10. The first-order valence-electron chi connectivity index (χ1n) is 8.09. The molecule has 0 saturated carbocycles. The van der Waals surface area contributed by atoms with Crippen molar-refractivity contribution < 1.29 is 17.5 Å². The average molecular weight is 310 g/mol. The van der Waals surface area contributed by atoms with E-state index in [9.17, 15) is 13.0 Å². The quantitative estimate of drug-likeness (QED) is 0.459. The summed E-state index contributed by atoms with van der Waals surface area (Å²) in [4.78, 5) is 0. The Hall–Kier alpha value is -0.130. The lowest BCUT2D eigenvalue weighted by Crippen LogP contribution is -2.49. The smallest absolute Gasteiger partial charge is 0.0945 e. The Balaban J connectivity index is 0. The van der Waals surface area contributed by atoms with Gasteiger partial charge in [0, 0.05) is 5.75 Å². The van der Waals surface area contributed by atoms with Crippen LogP contribution in [0.2, 0.25) is 0 Å². The van der Waals surface area contributed by atoms with Gasteiger partial charge in [-0.1, -0.05) is 34.1 Å². The van der Waals surface area contributed by atoms with E-state index in [0.29, 0.717) is 6.42 Å². The SMILES string of the molecule is CCCCS(=O)(=O)[O-].CCC[N+](CC)(CCC)CCC. The Morgan fingerprint density at radius 3 is 1.35 bits per heavy atom. The molecule has 0 amide bonds. The molecule has 0 aliphatic rings. The number of hydrogen-bond donors (Lipinski definition) is 0. The van der Waals surface area contributed by atoms with Gasteiger partial charge in [0.1, 0.15) is 0 Å². The Bertz CT molecular complexity index is 285. The largest absolute Gasteiger partial charge is 0.748 e. The van der Waals surface area contributed by atoms with E-state index in [4.69, 9.17) is 0 Å². The van der Waals surface area contributed by atoms with Crippen LogP contribution < -0.4 is 0 Å². The van der Waals surface area contributed by atoms with Crippen LogP contribution >= 0.6 is 0 Å². The van der Waals surface area contributed by atoms with Crippen molar-refractivity contribution >= 4 is 10.1 Å². The van der Waals surface area contributed by atoms with Crippen molar-refractivity contribution in [3.05, 3.63) is 0 Å². The third-order valence-corrected chi connectivity index (χ3v) is 4.30. The molecule has 0 aromatic rings. The van der Waals surface area contributed by atoms with E-state index in [1.54, 1.807) is 0 Å². The van der Waals surface area contributed by atoms with Gasteiger partial charge in [-0.3, -0.25) is 0 Å². The van der Waals surface area contributed by atoms with E-state index in [0.717, 1.165) is 6.42 Å². The Morgan fingerprint density at radius 2 is 1.20 bits per heavy atom. The predicted molar refractivity (Wildman–Crippen MR) is 85.7 cm³/mol. The van der Waals surface area contributed by atoms with E-state index in [2.05, 4.69) is 27.7 Å². The van der Waals surface area contributed by atoms with Crippen LogP contribution in [0, 0.1) is 0 Å². The second-order valence-electron chi connectivity index (χ2n) is 5.44. The van der Waals surface area contributed by atoms with Crippen molar-refractivity contribution in [2.24, 2.45) is 0 Å². The standard InChI is InChI=1S/C11H26N.C4H10O3S/c1-5-9-12(8-4,10-6-2)11-7-3;1-2-3-4-8(5,6)7/h5-11H2,1-4H3;2-4H2,1H3,(H,5,6,7)/q+1;/p-1. The summed E-state index contributed by atoms with van der Waals surface area (Å²) in [6, 6.07) is 0. The molecule has 0 saturated heterocycles. The molecule has 5 heteroatoms. The summed E-state index contributed by atoms with van der Waals surface area (Å²) in [7, 11) is -3.94. The van der Waals surface area contributed by atoms with Gasteiger partial charge in [-0.25, -0.2) is 8.42 Å². The molecule has 0 aromatic heterocycles. The molecule has 0 aromatic carbocycles. The molecule has 0 atom stereocenters. The first-order valence-corrected chi connectivity index (χ1v) is 9.67. The van der Waals surface area contributed by atoms with Crippen molar-refractivity contribution in [3.63, 3.8) is 0 Å². The molecule has 20 heavy (non-hydrogen) atoms. The lowest BCUT2D eigenvalue weighted by molar-refractivity contribution is -0.926.